The highest BCUT2D eigenvalue weighted by Gasteiger charge is 2.31. The molecule has 0 heterocycles. The van der Waals surface area contributed by atoms with Crippen LogP contribution in [0.3, 0.4) is 0 Å². The zero-order chi connectivity index (χ0) is 14.8. The van der Waals surface area contributed by atoms with E-state index in [1.807, 2.05) is 24.3 Å². The number of hydrogen-bond acceptors (Lipinski definition) is 3. The molecule has 1 aliphatic rings. The Bertz CT molecular complexity index is 650. The molecule has 2 aromatic rings. The molecule has 2 aromatic carbocycles. The summed E-state index contributed by atoms with van der Waals surface area (Å²) >= 11 is 0. The van der Waals surface area contributed by atoms with Crippen LogP contribution in [-0.2, 0) is 6.54 Å². The van der Waals surface area contributed by atoms with Gasteiger partial charge < -0.3 is 16.4 Å². The number of carbonyl (C=O) groups is 1. The van der Waals surface area contributed by atoms with Crippen molar-refractivity contribution in [3.05, 3.63) is 59.7 Å². The van der Waals surface area contributed by atoms with Gasteiger partial charge in [0.05, 0.1) is 11.3 Å². The lowest BCUT2D eigenvalue weighted by molar-refractivity contribution is 0.100. The first-order valence-electron chi connectivity index (χ1n) is 7.15. The predicted octanol–water partition coefficient (Wildman–Crippen LogP) is 2.54. The summed E-state index contributed by atoms with van der Waals surface area (Å²) in [6, 6.07) is 16.0. The molecular formula is C17H19N3O. The Hall–Kier alpha value is -2.49. The highest BCUT2D eigenvalue weighted by molar-refractivity contribution is 5.99. The van der Waals surface area contributed by atoms with Gasteiger partial charge in [-0.1, -0.05) is 30.3 Å². The molecule has 0 atom stereocenters. The molecule has 0 aliphatic heterocycles. The molecule has 21 heavy (non-hydrogen) atoms. The Morgan fingerprint density at radius 2 is 1.86 bits per heavy atom. The van der Waals surface area contributed by atoms with Gasteiger partial charge in [-0.25, -0.2) is 0 Å². The Labute approximate surface area is 124 Å². The third kappa shape index (κ3) is 2.99. The topological polar surface area (TPSA) is 72.3 Å². The van der Waals surface area contributed by atoms with Crippen molar-refractivity contribution in [2.75, 3.05) is 10.6 Å². The van der Waals surface area contributed by atoms with Crippen molar-refractivity contribution in [1.82, 2.24) is 0 Å². The first-order chi connectivity index (χ1) is 10.1. The van der Waals surface area contributed by atoms with Crippen molar-refractivity contribution < 1.29 is 4.79 Å². The van der Waals surface area contributed by atoms with Crippen LogP contribution >= 0.6 is 0 Å². The summed E-state index contributed by atoms with van der Waals surface area (Å²) in [5, 5.41) is 0. The summed E-state index contributed by atoms with van der Waals surface area (Å²) in [6.45, 7) is 0.759. The minimum Gasteiger partial charge on any atom is -0.399 e. The lowest BCUT2D eigenvalue weighted by Gasteiger charge is -2.27. The molecule has 0 radical (unpaired) electrons. The van der Waals surface area contributed by atoms with Gasteiger partial charge in [-0.2, -0.15) is 0 Å². The van der Waals surface area contributed by atoms with E-state index in [0.29, 0.717) is 17.3 Å². The normalized spacial score (nSPS) is 13.9. The Morgan fingerprint density at radius 3 is 2.48 bits per heavy atom. The third-order valence-corrected chi connectivity index (χ3v) is 3.78. The molecule has 0 spiro atoms. The maximum absolute atomic E-state index is 11.7. The van der Waals surface area contributed by atoms with Crippen molar-refractivity contribution in [2.45, 2.75) is 25.4 Å². The lowest BCUT2D eigenvalue weighted by atomic mass is 10.1. The average Bonchev–Trinajstić information content (AvgIpc) is 3.30. The van der Waals surface area contributed by atoms with Crippen LogP contribution in [0.1, 0.15) is 28.8 Å². The monoisotopic (exact) mass is 281 g/mol. The van der Waals surface area contributed by atoms with Gasteiger partial charge in [-0.3, -0.25) is 4.79 Å². The number of amides is 1. The smallest absolute Gasteiger partial charge is 0.250 e. The molecule has 1 amide bonds. The molecule has 0 unspecified atom stereocenters. The molecule has 0 bridgehead atoms. The molecule has 1 saturated carbocycles. The van der Waals surface area contributed by atoms with E-state index in [0.717, 1.165) is 25.1 Å². The second-order valence-electron chi connectivity index (χ2n) is 5.49. The van der Waals surface area contributed by atoms with Crippen LogP contribution in [0.15, 0.2) is 48.5 Å². The first-order valence-corrected chi connectivity index (χ1v) is 7.15. The van der Waals surface area contributed by atoms with E-state index in [4.69, 9.17) is 11.5 Å². The van der Waals surface area contributed by atoms with Gasteiger partial charge in [0, 0.05) is 18.3 Å². The average molecular weight is 281 g/mol. The van der Waals surface area contributed by atoms with Crippen LogP contribution in [0.4, 0.5) is 11.4 Å². The molecule has 108 valence electrons. The maximum Gasteiger partial charge on any atom is 0.250 e. The summed E-state index contributed by atoms with van der Waals surface area (Å²) in [6.07, 6.45) is 2.28. The summed E-state index contributed by atoms with van der Waals surface area (Å²) < 4.78 is 0. The Morgan fingerprint density at radius 1 is 1.14 bits per heavy atom. The quantitative estimate of drug-likeness (QED) is 0.827. The van der Waals surface area contributed by atoms with Gasteiger partial charge in [0.15, 0.2) is 0 Å². The van der Waals surface area contributed by atoms with Crippen LogP contribution in [-0.4, -0.2) is 11.9 Å². The second kappa shape index (κ2) is 5.48. The minimum absolute atomic E-state index is 0.413. The SMILES string of the molecule is NC(=O)c1ccc(N)cc1N(Cc1ccccc1)C1CC1. The van der Waals surface area contributed by atoms with Gasteiger partial charge in [0.1, 0.15) is 0 Å². The highest BCUT2D eigenvalue weighted by Crippen LogP contribution is 2.35. The van der Waals surface area contributed by atoms with Gasteiger partial charge in [0.25, 0.3) is 5.91 Å². The van der Waals surface area contributed by atoms with E-state index in [-0.39, 0.29) is 0 Å². The Balaban J connectivity index is 1.98. The zero-order valence-corrected chi connectivity index (χ0v) is 11.8. The third-order valence-electron chi connectivity index (χ3n) is 3.78. The number of nitrogen functional groups attached to an aromatic ring is 1. The van der Waals surface area contributed by atoms with E-state index >= 15 is 0 Å². The van der Waals surface area contributed by atoms with E-state index < -0.39 is 5.91 Å². The van der Waals surface area contributed by atoms with E-state index in [1.54, 1.807) is 12.1 Å². The maximum atomic E-state index is 11.7. The van der Waals surface area contributed by atoms with Crippen LogP contribution in [0, 0.1) is 0 Å². The van der Waals surface area contributed by atoms with Gasteiger partial charge in [-0.15, -0.1) is 0 Å². The van der Waals surface area contributed by atoms with E-state index in [1.165, 1.54) is 5.56 Å². The fourth-order valence-electron chi connectivity index (χ4n) is 2.57. The van der Waals surface area contributed by atoms with Crippen molar-refractivity contribution in [3.8, 4) is 0 Å². The predicted molar refractivity (Wildman–Crippen MR) is 85.0 cm³/mol. The number of carbonyl (C=O) groups excluding carboxylic acids is 1. The number of nitrogens with two attached hydrogens (primary N) is 2. The molecule has 4 heteroatoms. The van der Waals surface area contributed by atoms with Crippen LogP contribution in [0.25, 0.3) is 0 Å². The molecule has 4 N–H and O–H groups in total. The molecule has 0 saturated heterocycles. The molecule has 0 aromatic heterocycles. The van der Waals surface area contributed by atoms with Crippen LogP contribution in [0.5, 0.6) is 0 Å². The largest absolute Gasteiger partial charge is 0.399 e. The highest BCUT2D eigenvalue weighted by atomic mass is 16.1. The second-order valence-corrected chi connectivity index (χ2v) is 5.49. The molecule has 4 nitrogen and oxygen atoms in total. The Kier molecular flexibility index (Phi) is 3.52. The van der Waals surface area contributed by atoms with Crippen molar-refractivity contribution in [1.29, 1.82) is 0 Å². The van der Waals surface area contributed by atoms with Crippen molar-refractivity contribution >= 4 is 17.3 Å². The summed E-state index contributed by atoms with van der Waals surface area (Å²) in [5.74, 6) is -0.413. The zero-order valence-electron chi connectivity index (χ0n) is 11.8. The standard InChI is InChI=1S/C17H19N3O/c18-13-6-9-15(17(19)21)16(10-13)20(14-7-8-14)11-12-4-2-1-3-5-12/h1-6,9-10,14H,7-8,11,18H2,(H2,19,21). The van der Waals surface area contributed by atoms with Crippen molar-refractivity contribution in [2.24, 2.45) is 5.73 Å². The van der Waals surface area contributed by atoms with E-state index in [9.17, 15) is 4.79 Å². The minimum atomic E-state index is -0.413. The first kappa shape index (κ1) is 13.5. The summed E-state index contributed by atoms with van der Waals surface area (Å²) in [5.41, 5.74) is 14.6. The molecule has 3 rings (SSSR count). The fourth-order valence-corrected chi connectivity index (χ4v) is 2.57. The molecule has 1 aliphatic carbocycles. The number of hydrogen-bond donors (Lipinski definition) is 2. The number of primary amides is 1. The van der Waals surface area contributed by atoms with Gasteiger partial charge >= 0.3 is 0 Å². The van der Waals surface area contributed by atoms with Gasteiger partial charge in [-0.05, 0) is 36.6 Å². The molecule has 1 fully saturated rings. The number of rotatable bonds is 5. The number of benzene rings is 2. The lowest BCUT2D eigenvalue weighted by Crippen LogP contribution is -2.28. The number of nitrogens with zero attached hydrogens (tertiary/aromatic N) is 1. The van der Waals surface area contributed by atoms with Crippen LogP contribution < -0.4 is 16.4 Å². The summed E-state index contributed by atoms with van der Waals surface area (Å²) in [4.78, 5) is 13.9. The number of anilines is 2. The summed E-state index contributed by atoms with van der Waals surface area (Å²) in [7, 11) is 0. The van der Waals surface area contributed by atoms with Crippen LogP contribution in [0.2, 0.25) is 0 Å². The molecular weight excluding hydrogens is 262 g/mol. The van der Waals surface area contributed by atoms with Crippen molar-refractivity contribution in [3.63, 3.8) is 0 Å². The van der Waals surface area contributed by atoms with Gasteiger partial charge in [0.2, 0.25) is 0 Å². The fraction of sp³-hybridized carbons (Fsp3) is 0.235. The van der Waals surface area contributed by atoms with E-state index in [2.05, 4.69) is 17.0 Å².